The number of hydrogen-bond acceptors (Lipinski definition) is 5. The van der Waals surface area contributed by atoms with Gasteiger partial charge in [0.15, 0.2) is 5.76 Å². The van der Waals surface area contributed by atoms with Crippen LogP contribution in [0, 0.1) is 0 Å². The van der Waals surface area contributed by atoms with E-state index in [-0.39, 0.29) is 17.9 Å². The van der Waals surface area contributed by atoms with Crippen molar-refractivity contribution in [2.24, 2.45) is 0 Å². The first-order valence-corrected chi connectivity index (χ1v) is 10.6. The number of aliphatic hydroxyl groups excluding tert-OH is 1. The van der Waals surface area contributed by atoms with Crippen molar-refractivity contribution in [3.8, 4) is 5.75 Å². The zero-order valence-corrected chi connectivity index (χ0v) is 17.4. The average molecular weight is 440 g/mol. The van der Waals surface area contributed by atoms with Crippen molar-refractivity contribution in [3.05, 3.63) is 98.4 Å². The molecule has 5 nitrogen and oxygen atoms in total. The van der Waals surface area contributed by atoms with E-state index in [1.54, 1.807) is 41.8 Å². The summed E-state index contributed by atoms with van der Waals surface area (Å²) < 4.78 is 0. The number of phenols is 1. The number of hydrogen-bond donors (Lipinski definition) is 2. The lowest BCUT2D eigenvalue weighted by Crippen LogP contribution is -2.33. The van der Waals surface area contributed by atoms with Gasteiger partial charge in [-0.2, -0.15) is 0 Å². The molecule has 1 amide bonds. The monoisotopic (exact) mass is 439 g/mol. The van der Waals surface area contributed by atoms with E-state index in [1.165, 1.54) is 28.4 Å². The largest absolute Gasteiger partial charge is 0.508 e. The number of aliphatic hydroxyl groups is 1. The number of thiophene rings is 1. The summed E-state index contributed by atoms with van der Waals surface area (Å²) in [6, 6.07) is 16.3. The predicted molar refractivity (Wildman–Crippen MR) is 116 cm³/mol. The highest BCUT2D eigenvalue weighted by molar-refractivity contribution is 7.12. The molecule has 152 valence electrons. The topological polar surface area (TPSA) is 77.8 Å². The second kappa shape index (κ2) is 8.34. The molecule has 2 N–H and O–H groups in total. The SMILES string of the molecule is O=C(C1=C(O)C(=O)N(CCc2ccc(Cl)cc2)C1c1cccc(O)c1)c1cccs1. The Kier molecular flexibility index (Phi) is 5.61. The minimum Gasteiger partial charge on any atom is -0.508 e. The Morgan fingerprint density at radius 3 is 2.50 bits per heavy atom. The number of amides is 1. The lowest BCUT2D eigenvalue weighted by molar-refractivity contribution is -0.129. The minimum atomic E-state index is -0.786. The van der Waals surface area contributed by atoms with Gasteiger partial charge in [-0.1, -0.05) is 41.9 Å². The Bertz CT molecular complexity index is 1120. The van der Waals surface area contributed by atoms with Gasteiger partial charge in [0, 0.05) is 11.6 Å². The van der Waals surface area contributed by atoms with E-state index in [0.29, 0.717) is 21.9 Å². The molecule has 0 bridgehead atoms. The highest BCUT2D eigenvalue weighted by Crippen LogP contribution is 2.40. The van der Waals surface area contributed by atoms with Crippen LogP contribution in [0.4, 0.5) is 0 Å². The number of rotatable bonds is 6. The van der Waals surface area contributed by atoms with Gasteiger partial charge in [0.1, 0.15) is 5.75 Å². The van der Waals surface area contributed by atoms with E-state index in [0.717, 1.165) is 5.56 Å². The molecule has 7 heteroatoms. The maximum absolute atomic E-state index is 13.1. The van der Waals surface area contributed by atoms with Crippen LogP contribution in [-0.2, 0) is 11.2 Å². The molecule has 0 radical (unpaired) electrons. The van der Waals surface area contributed by atoms with Gasteiger partial charge in [0.05, 0.1) is 16.5 Å². The maximum atomic E-state index is 13.1. The van der Waals surface area contributed by atoms with E-state index < -0.39 is 23.5 Å². The molecule has 0 aliphatic carbocycles. The van der Waals surface area contributed by atoms with Gasteiger partial charge in [0.25, 0.3) is 5.91 Å². The van der Waals surface area contributed by atoms with Crippen LogP contribution in [0.25, 0.3) is 0 Å². The highest BCUT2D eigenvalue weighted by atomic mass is 35.5. The summed E-state index contributed by atoms with van der Waals surface area (Å²) >= 11 is 7.19. The van der Waals surface area contributed by atoms with Crippen LogP contribution in [0.2, 0.25) is 5.02 Å². The molecule has 1 atom stereocenters. The van der Waals surface area contributed by atoms with Crippen molar-refractivity contribution in [2.75, 3.05) is 6.54 Å². The number of Topliss-reactive ketones (excluding diaryl/α,β-unsaturated/α-hetero) is 1. The van der Waals surface area contributed by atoms with Gasteiger partial charge < -0.3 is 15.1 Å². The van der Waals surface area contributed by atoms with Crippen LogP contribution in [0.1, 0.15) is 26.8 Å². The molecule has 0 spiro atoms. The van der Waals surface area contributed by atoms with Crippen molar-refractivity contribution in [3.63, 3.8) is 0 Å². The minimum absolute atomic E-state index is 0.0203. The lowest BCUT2D eigenvalue weighted by Gasteiger charge is -2.27. The van der Waals surface area contributed by atoms with Crippen molar-refractivity contribution in [2.45, 2.75) is 12.5 Å². The number of aromatic hydroxyl groups is 1. The third kappa shape index (κ3) is 3.84. The molecule has 1 aliphatic rings. The number of nitrogens with zero attached hydrogens (tertiary/aromatic N) is 1. The van der Waals surface area contributed by atoms with Crippen molar-refractivity contribution < 1.29 is 19.8 Å². The third-order valence-electron chi connectivity index (χ3n) is 5.03. The summed E-state index contributed by atoms with van der Waals surface area (Å²) in [4.78, 5) is 28.0. The van der Waals surface area contributed by atoms with E-state index in [1.807, 2.05) is 12.1 Å². The second-order valence-corrected chi connectivity index (χ2v) is 8.33. The van der Waals surface area contributed by atoms with Crippen LogP contribution in [0.3, 0.4) is 0 Å². The first kappa shape index (κ1) is 20.2. The van der Waals surface area contributed by atoms with E-state index in [4.69, 9.17) is 11.6 Å². The van der Waals surface area contributed by atoms with Crippen molar-refractivity contribution in [1.82, 2.24) is 4.90 Å². The van der Waals surface area contributed by atoms with E-state index >= 15 is 0 Å². The first-order valence-electron chi connectivity index (χ1n) is 9.31. The van der Waals surface area contributed by atoms with Crippen LogP contribution >= 0.6 is 22.9 Å². The summed E-state index contributed by atoms with van der Waals surface area (Å²) in [5.74, 6) is -1.51. The van der Waals surface area contributed by atoms with Gasteiger partial charge in [0.2, 0.25) is 5.78 Å². The number of ketones is 1. The Balaban J connectivity index is 1.71. The van der Waals surface area contributed by atoms with Crippen molar-refractivity contribution >= 4 is 34.6 Å². The van der Waals surface area contributed by atoms with Crippen LogP contribution < -0.4 is 0 Å². The van der Waals surface area contributed by atoms with E-state index in [9.17, 15) is 19.8 Å². The zero-order chi connectivity index (χ0) is 21.3. The molecule has 1 unspecified atom stereocenters. The number of halogens is 1. The molecule has 1 aliphatic heterocycles. The van der Waals surface area contributed by atoms with Crippen LogP contribution in [0.5, 0.6) is 5.75 Å². The summed E-state index contributed by atoms with van der Waals surface area (Å²) in [6.45, 7) is 0.284. The normalized spacial score (nSPS) is 16.4. The highest BCUT2D eigenvalue weighted by Gasteiger charge is 2.43. The molecule has 0 fully saturated rings. The van der Waals surface area contributed by atoms with Gasteiger partial charge in [-0.05, 0) is 53.3 Å². The molecule has 0 saturated carbocycles. The molecule has 1 aromatic heterocycles. The van der Waals surface area contributed by atoms with Crippen LogP contribution in [0.15, 0.2) is 77.4 Å². The van der Waals surface area contributed by atoms with Gasteiger partial charge in [-0.25, -0.2) is 0 Å². The smallest absolute Gasteiger partial charge is 0.290 e. The Hall–Kier alpha value is -3.09. The quantitative estimate of drug-likeness (QED) is 0.534. The molecule has 3 aromatic rings. The summed E-state index contributed by atoms with van der Waals surface area (Å²) in [5, 5.41) is 23.0. The summed E-state index contributed by atoms with van der Waals surface area (Å²) in [7, 11) is 0. The third-order valence-corrected chi connectivity index (χ3v) is 6.15. The average Bonchev–Trinajstić information content (AvgIpc) is 3.35. The number of carbonyl (C=O) groups is 2. The first-order chi connectivity index (χ1) is 14.5. The fourth-order valence-corrected chi connectivity index (χ4v) is 4.40. The summed E-state index contributed by atoms with van der Waals surface area (Å²) in [6.07, 6.45) is 0.520. The molecule has 0 saturated heterocycles. The fraction of sp³-hybridized carbons (Fsp3) is 0.130. The van der Waals surface area contributed by atoms with Gasteiger partial charge >= 0.3 is 0 Å². The molecule has 2 heterocycles. The number of carbonyl (C=O) groups excluding carboxylic acids is 2. The van der Waals surface area contributed by atoms with Crippen molar-refractivity contribution in [1.29, 1.82) is 0 Å². The zero-order valence-electron chi connectivity index (χ0n) is 15.8. The Labute approximate surface area is 182 Å². The number of benzene rings is 2. The fourth-order valence-electron chi connectivity index (χ4n) is 3.60. The molecule has 2 aromatic carbocycles. The predicted octanol–water partition coefficient (Wildman–Crippen LogP) is 4.93. The second-order valence-electron chi connectivity index (χ2n) is 6.94. The Morgan fingerprint density at radius 1 is 1.07 bits per heavy atom. The molecular weight excluding hydrogens is 422 g/mol. The lowest BCUT2D eigenvalue weighted by atomic mass is 9.95. The summed E-state index contributed by atoms with van der Waals surface area (Å²) in [5.41, 5.74) is 1.56. The number of phenolic OH excluding ortho intramolecular Hbond substituents is 1. The maximum Gasteiger partial charge on any atom is 0.290 e. The van der Waals surface area contributed by atoms with Crippen LogP contribution in [-0.4, -0.2) is 33.3 Å². The standard InChI is InChI=1S/C23H18ClNO4S/c24-16-8-6-14(7-9-16)10-11-25-20(15-3-1-4-17(26)13-15)19(22(28)23(25)29)21(27)18-5-2-12-30-18/h1-9,12-13,20,26,28H,10-11H2. The molecular formula is C23H18ClNO4S. The van der Waals surface area contributed by atoms with E-state index in [2.05, 4.69) is 0 Å². The molecule has 30 heavy (non-hydrogen) atoms. The van der Waals surface area contributed by atoms with Gasteiger partial charge in [-0.3, -0.25) is 9.59 Å². The Morgan fingerprint density at radius 2 is 1.83 bits per heavy atom. The molecule has 4 rings (SSSR count). The van der Waals surface area contributed by atoms with Gasteiger partial charge in [-0.15, -0.1) is 11.3 Å².